The summed E-state index contributed by atoms with van der Waals surface area (Å²) in [5.41, 5.74) is 2.22. The highest BCUT2D eigenvalue weighted by atomic mass is 35.5. The molecule has 0 spiro atoms. The first kappa shape index (κ1) is 10.5. The van der Waals surface area contributed by atoms with Gasteiger partial charge in [-0.25, -0.2) is 4.68 Å². The van der Waals surface area contributed by atoms with Gasteiger partial charge in [-0.3, -0.25) is 0 Å². The van der Waals surface area contributed by atoms with E-state index in [0.717, 1.165) is 25.3 Å². The lowest BCUT2D eigenvalue weighted by atomic mass is 10.2. The fourth-order valence-corrected chi connectivity index (χ4v) is 2.56. The third-order valence-electron chi connectivity index (χ3n) is 3.34. The van der Waals surface area contributed by atoms with E-state index in [-0.39, 0.29) is 0 Å². The van der Waals surface area contributed by atoms with Gasteiger partial charge in [0.25, 0.3) is 0 Å². The molecule has 1 aromatic heterocycles. The maximum Gasteiger partial charge on any atom is 0.101 e. The topological polar surface area (TPSA) is 39.9 Å². The fourth-order valence-electron chi connectivity index (χ4n) is 2.37. The maximum absolute atomic E-state index is 5.89. The van der Waals surface area contributed by atoms with Crippen molar-refractivity contribution in [3.63, 3.8) is 0 Å². The van der Waals surface area contributed by atoms with Gasteiger partial charge < -0.3 is 4.74 Å². The predicted molar refractivity (Wildman–Crippen MR) is 60.5 cm³/mol. The lowest BCUT2D eigenvalue weighted by Crippen LogP contribution is -2.18. The molecular formula is C11H16ClN3O. The zero-order valence-corrected chi connectivity index (χ0v) is 9.99. The molecule has 3 rings (SSSR count). The van der Waals surface area contributed by atoms with Crippen LogP contribution >= 0.6 is 11.6 Å². The molecule has 2 heterocycles. The second kappa shape index (κ2) is 4.34. The lowest BCUT2D eigenvalue weighted by molar-refractivity contribution is 0.0927. The molecule has 5 heteroatoms. The molecule has 88 valence electrons. The molecule has 0 bridgehead atoms. The molecule has 0 N–H and O–H groups in total. The van der Waals surface area contributed by atoms with E-state index < -0.39 is 0 Å². The Morgan fingerprint density at radius 1 is 1.38 bits per heavy atom. The van der Waals surface area contributed by atoms with Crippen LogP contribution in [0.5, 0.6) is 0 Å². The smallest absolute Gasteiger partial charge is 0.101 e. The second-order valence-electron chi connectivity index (χ2n) is 4.65. The van der Waals surface area contributed by atoms with Crippen molar-refractivity contribution < 1.29 is 4.74 Å². The van der Waals surface area contributed by atoms with Crippen LogP contribution in [0.2, 0.25) is 0 Å². The number of hydrogen-bond donors (Lipinski definition) is 0. The quantitative estimate of drug-likeness (QED) is 0.758. The average Bonchev–Trinajstić information content (AvgIpc) is 2.86. The van der Waals surface area contributed by atoms with Gasteiger partial charge >= 0.3 is 0 Å². The summed E-state index contributed by atoms with van der Waals surface area (Å²) in [6.07, 6.45) is 5.13. The number of alkyl halides is 1. The fraction of sp³-hybridized carbons (Fsp3) is 0.818. The zero-order chi connectivity index (χ0) is 11.0. The first-order valence-electron chi connectivity index (χ1n) is 5.98. The van der Waals surface area contributed by atoms with Crippen molar-refractivity contribution in [2.24, 2.45) is 0 Å². The highest BCUT2D eigenvalue weighted by molar-refractivity contribution is 6.16. The molecule has 1 atom stereocenters. The SMILES string of the molecule is ClCc1nnn(CC2CCCO2)c1C1CC1. The van der Waals surface area contributed by atoms with Gasteiger partial charge in [-0.1, -0.05) is 5.21 Å². The van der Waals surface area contributed by atoms with E-state index in [9.17, 15) is 0 Å². The molecule has 1 saturated heterocycles. The summed E-state index contributed by atoms with van der Waals surface area (Å²) in [6.45, 7) is 1.73. The standard InChI is InChI=1S/C11H16ClN3O/c12-6-10-11(8-3-4-8)15(14-13-10)7-9-2-1-5-16-9/h8-9H,1-7H2. The summed E-state index contributed by atoms with van der Waals surface area (Å²) < 4.78 is 7.65. The van der Waals surface area contributed by atoms with Crippen molar-refractivity contribution in [2.75, 3.05) is 6.61 Å². The number of halogens is 1. The predicted octanol–water partition coefficient (Wildman–Crippen LogP) is 2.07. The first-order valence-corrected chi connectivity index (χ1v) is 6.51. The highest BCUT2D eigenvalue weighted by Crippen LogP contribution is 2.41. The van der Waals surface area contributed by atoms with Gasteiger partial charge in [0, 0.05) is 12.5 Å². The summed E-state index contributed by atoms with van der Waals surface area (Å²) >= 11 is 5.89. The Morgan fingerprint density at radius 2 is 2.25 bits per heavy atom. The number of rotatable bonds is 4. The summed E-state index contributed by atoms with van der Waals surface area (Å²) in [7, 11) is 0. The molecule has 1 aromatic rings. The summed E-state index contributed by atoms with van der Waals surface area (Å²) in [5.74, 6) is 1.11. The Bertz CT molecular complexity index is 369. The lowest BCUT2D eigenvalue weighted by Gasteiger charge is -2.11. The van der Waals surface area contributed by atoms with Gasteiger partial charge in [-0.15, -0.1) is 16.7 Å². The van der Waals surface area contributed by atoms with Crippen molar-refractivity contribution in [3.8, 4) is 0 Å². The number of ether oxygens (including phenoxy) is 1. The van der Waals surface area contributed by atoms with Gasteiger partial charge in [0.15, 0.2) is 0 Å². The molecule has 1 saturated carbocycles. The third kappa shape index (κ3) is 1.96. The average molecular weight is 242 g/mol. The molecule has 2 fully saturated rings. The molecule has 0 radical (unpaired) electrons. The van der Waals surface area contributed by atoms with Crippen LogP contribution in [0, 0.1) is 0 Å². The minimum atomic E-state index is 0.322. The van der Waals surface area contributed by atoms with Crippen molar-refractivity contribution >= 4 is 11.6 Å². The molecule has 0 amide bonds. The van der Waals surface area contributed by atoms with Crippen LogP contribution in [0.25, 0.3) is 0 Å². The van der Waals surface area contributed by atoms with Crippen molar-refractivity contribution in [3.05, 3.63) is 11.4 Å². The van der Waals surface area contributed by atoms with Crippen molar-refractivity contribution in [1.82, 2.24) is 15.0 Å². The Hall–Kier alpha value is -0.610. The Morgan fingerprint density at radius 3 is 2.88 bits per heavy atom. The van der Waals surface area contributed by atoms with E-state index >= 15 is 0 Å². The van der Waals surface area contributed by atoms with Crippen LogP contribution < -0.4 is 0 Å². The third-order valence-corrected chi connectivity index (χ3v) is 3.59. The Kier molecular flexibility index (Phi) is 2.86. The van der Waals surface area contributed by atoms with Crippen LogP contribution in [-0.4, -0.2) is 27.7 Å². The van der Waals surface area contributed by atoms with Gasteiger partial charge in [0.1, 0.15) is 5.69 Å². The van der Waals surface area contributed by atoms with Crippen molar-refractivity contribution in [2.45, 2.75) is 50.1 Å². The van der Waals surface area contributed by atoms with Gasteiger partial charge in [-0.05, 0) is 25.7 Å². The van der Waals surface area contributed by atoms with Crippen LogP contribution in [-0.2, 0) is 17.2 Å². The summed E-state index contributed by atoms with van der Waals surface area (Å²) in [5, 5.41) is 8.38. The molecule has 1 aliphatic heterocycles. The van der Waals surface area contributed by atoms with Crippen LogP contribution in [0.1, 0.15) is 43.0 Å². The Balaban J connectivity index is 1.79. The van der Waals surface area contributed by atoms with E-state index in [2.05, 4.69) is 10.3 Å². The van der Waals surface area contributed by atoms with Crippen LogP contribution in [0.3, 0.4) is 0 Å². The largest absolute Gasteiger partial charge is 0.376 e. The molecule has 0 aromatic carbocycles. The van der Waals surface area contributed by atoms with Gasteiger partial charge in [0.2, 0.25) is 0 Å². The van der Waals surface area contributed by atoms with Gasteiger partial charge in [-0.2, -0.15) is 0 Å². The highest BCUT2D eigenvalue weighted by Gasteiger charge is 2.31. The van der Waals surface area contributed by atoms with E-state index in [1.54, 1.807) is 0 Å². The first-order chi connectivity index (χ1) is 7.88. The number of nitrogens with zero attached hydrogens (tertiary/aromatic N) is 3. The zero-order valence-electron chi connectivity index (χ0n) is 9.23. The summed E-state index contributed by atoms with van der Waals surface area (Å²) in [4.78, 5) is 0. The second-order valence-corrected chi connectivity index (χ2v) is 4.91. The molecule has 16 heavy (non-hydrogen) atoms. The minimum absolute atomic E-state index is 0.322. The minimum Gasteiger partial charge on any atom is -0.376 e. The van der Waals surface area contributed by atoms with Crippen LogP contribution in [0.15, 0.2) is 0 Å². The molecule has 1 aliphatic carbocycles. The molecule has 1 unspecified atom stereocenters. The number of hydrogen-bond acceptors (Lipinski definition) is 3. The number of aromatic nitrogens is 3. The molecule has 4 nitrogen and oxygen atoms in total. The normalized spacial score (nSPS) is 25.2. The van der Waals surface area contributed by atoms with E-state index in [0.29, 0.717) is 17.9 Å². The van der Waals surface area contributed by atoms with E-state index in [1.165, 1.54) is 25.0 Å². The molecular weight excluding hydrogens is 226 g/mol. The van der Waals surface area contributed by atoms with Crippen molar-refractivity contribution in [1.29, 1.82) is 0 Å². The molecule has 2 aliphatic rings. The van der Waals surface area contributed by atoms with E-state index in [1.807, 2.05) is 4.68 Å². The monoisotopic (exact) mass is 241 g/mol. The van der Waals surface area contributed by atoms with E-state index in [4.69, 9.17) is 16.3 Å². The Labute approximate surface area is 99.9 Å². The maximum atomic E-state index is 5.89. The van der Waals surface area contributed by atoms with Crippen LogP contribution in [0.4, 0.5) is 0 Å². The van der Waals surface area contributed by atoms with Gasteiger partial charge in [0.05, 0.1) is 24.2 Å². The summed E-state index contributed by atoms with van der Waals surface area (Å²) in [6, 6.07) is 0.